The van der Waals surface area contributed by atoms with Gasteiger partial charge in [-0.05, 0) is 48.0 Å². The van der Waals surface area contributed by atoms with Crippen LogP contribution in [0.3, 0.4) is 0 Å². The lowest BCUT2D eigenvalue weighted by atomic mass is 9.97. The molecule has 266 valence electrons. The highest BCUT2D eigenvalue weighted by Gasteiger charge is 2.19. The first-order valence-electron chi connectivity index (χ1n) is 19.0. The first kappa shape index (κ1) is 32.3. The van der Waals surface area contributed by atoms with Crippen LogP contribution < -0.4 is 0 Å². The summed E-state index contributed by atoms with van der Waals surface area (Å²) in [7, 11) is 0. The molecule has 0 aliphatic carbocycles. The average Bonchev–Trinajstić information content (AvgIpc) is 3.96. The molecule has 8 aromatic carbocycles. The van der Waals surface area contributed by atoms with E-state index in [-0.39, 0.29) is 0 Å². The smallest absolute Gasteiger partial charge is 0.164 e. The van der Waals surface area contributed by atoms with E-state index in [1.54, 1.807) is 0 Å². The summed E-state index contributed by atoms with van der Waals surface area (Å²) in [6, 6.07) is 64.9. The molecule has 0 radical (unpaired) electrons. The molecule has 0 saturated heterocycles. The molecule has 0 amide bonds. The van der Waals surface area contributed by atoms with E-state index in [4.69, 9.17) is 15.0 Å². The molecule has 4 aromatic heterocycles. The third-order valence-electron chi connectivity index (χ3n) is 11.1. The molecular weight excluding hydrogens is 733 g/mol. The Bertz CT molecular complexity index is 3410. The zero-order valence-corrected chi connectivity index (χ0v) is 32.1. The van der Waals surface area contributed by atoms with Gasteiger partial charge in [0.2, 0.25) is 0 Å². The second-order valence-electron chi connectivity index (χ2n) is 14.4. The van der Waals surface area contributed by atoms with Crippen LogP contribution in [-0.2, 0) is 0 Å². The van der Waals surface area contributed by atoms with Gasteiger partial charge in [0.1, 0.15) is 0 Å². The maximum atomic E-state index is 5.01. The fourth-order valence-electron chi connectivity index (χ4n) is 8.47. The predicted octanol–water partition coefficient (Wildman–Crippen LogP) is 14.4. The van der Waals surface area contributed by atoms with E-state index in [0.29, 0.717) is 17.5 Å². The van der Waals surface area contributed by atoms with Crippen molar-refractivity contribution in [3.05, 3.63) is 182 Å². The zero-order valence-electron chi connectivity index (χ0n) is 30.4. The van der Waals surface area contributed by atoms with Gasteiger partial charge in [-0.15, -0.1) is 22.7 Å². The second kappa shape index (κ2) is 12.8. The van der Waals surface area contributed by atoms with Gasteiger partial charge in [-0.1, -0.05) is 140 Å². The highest BCUT2D eigenvalue weighted by atomic mass is 32.1. The molecule has 0 N–H and O–H groups in total. The molecule has 0 fully saturated rings. The molecule has 12 aromatic rings. The predicted molar refractivity (Wildman–Crippen MR) is 242 cm³/mol. The first-order chi connectivity index (χ1) is 28.2. The van der Waals surface area contributed by atoms with E-state index < -0.39 is 0 Å². The van der Waals surface area contributed by atoms with Gasteiger partial charge in [-0.2, -0.15) is 0 Å². The molecule has 0 bridgehead atoms. The van der Waals surface area contributed by atoms with Crippen molar-refractivity contribution in [1.29, 1.82) is 0 Å². The van der Waals surface area contributed by atoms with Gasteiger partial charge >= 0.3 is 0 Å². The number of benzene rings is 8. The molecule has 0 saturated carbocycles. The van der Waals surface area contributed by atoms with Crippen LogP contribution in [0.25, 0.3) is 113 Å². The van der Waals surface area contributed by atoms with Crippen molar-refractivity contribution < 1.29 is 0 Å². The summed E-state index contributed by atoms with van der Waals surface area (Å²) in [6.07, 6.45) is 0. The Morgan fingerprint density at radius 1 is 0.351 bits per heavy atom. The molecule has 6 heteroatoms. The largest absolute Gasteiger partial charge is 0.309 e. The van der Waals surface area contributed by atoms with Crippen LogP contribution in [0.5, 0.6) is 0 Å². The molecule has 4 heterocycles. The van der Waals surface area contributed by atoms with E-state index in [9.17, 15) is 0 Å². The van der Waals surface area contributed by atoms with Crippen LogP contribution in [0.15, 0.2) is 182 Å². The van der Waals surface area contributed by atoms with Crippen LogP contribution in [0.1, 0.15) is 0 Å². The van der Waals surface area contributed by atoms with E-state index >= 15 is 0 Å². The van der Waals surface area contributed by atoms with Crippen LogP contribution in [0, 0.1) is 0 Å². The average molecular weight is 763 g/mol. The lowest BCUT2D eigenvalue weighted by molar-refractivity contribution is 1.07. The summed E-state index contributed by atoms with van der Waals surface area (Å²) in [5.41, 5.74) is 9.04. The quantitative estimate of drug-likeness (QED) is 0.175. The summed E-state index contributed by atoms with van der Waals surface area (Å²) < 4.78 is 7.47. The molecule has 4 nitrogen and oxygen atoms in total. The van der Waals surface area contributed by atoms with Gasteiger partial charge in [-0.3, -0.25) is 0 Å². The Kier molecular flexibility index (Phi) is 7.24. The Hall–Kier alpha value is -6.99. The van der Waals surface area contributed by atoms with Crippen molar-refractivity contribution in [3.63, 3.8) is 0 Å². The number of para-hydroxylation sites is 2. The van der Waals surface area contributed by atoms with Crippen molar-refractivity contribution in [3.8, 4) is 51.0 Å². The van der Waals surface area contributed by atoms with Crippen LogP contribution >= 0.6 is 22.7 Å². The topological polar surface area (TPSA) is 43.6 Å². The number of fused-ring (bicyclic) bond motifs is 9. The minimum atomic E-state index is 0.664. The third kappa shape index (κ3) is 5.15. The molecule has 0 aliphatic rings. The van der Waals surface area contributed by atoms with Gasteiger partial charge in [0, 0.05) is 79.1 Å². The molecule has 0 spiro atoms. The zero-order chi connectivity index (χ0) is 37.5. The number of hydrogen-bond acceptors (Lipinski definition) is 5. The van der Waals surface area contributed by atoms with Crippen molar-refractivity contribution in [2.45, 2.75) is 0 Å². The maximum absolute atomic E-state index is 5.01. The summed E-state index contributed by atoms with van der Waals surface area (Å²) in [4.78, 5) is 14.9. The van der Waals surface area contributed by atoms with Gasteiger partial charge in [0.05, 0.1) is 11.0 Å². The minimum absolute atomic E-state index is 0.664. The van der Waals surface area contributed by atoms with Crippen molar-refractivity contribution in [2.75, 3.05) is 0 Å². The highest BCUT2D eigenvalue weighted by molar-refractivity contribution is 7.27. The minimum Gasteiger partial charge on any atom is -0.309 e. The normalized spacial score (nSPS) is 11.9. The number of hydrogen-bond donors (Lipinski definition) is 0. The molecule has 0 unspecified atom stereocenters. The second-order valence-corrected chi connectivity index (χ2v) is 16.5. The SMILES string of the molecule is c1ccc(-c2nc(-c3ccccc3)nc(-c3ccc4c(c3)sc3cccc(-c5cccc6c5sc5ccc(-n7c8ccccc8c8ccccc87)cc56)c34)n2)cc1. The Balaban J connectivity index is 1.00. The van der Waals surface area contributed by atoms with Crippen molar-refractivity contribution in [2.24, 2.45) is 0 Å². The Labute approximate surface area is 335 Å². The summed E-state index contributed by atoms with van der Waals surface area (Å²) in [6.45, 7) is 0. The monoisotopic (exact) mass is 762 g/mol. The van der Waals surface area contributed by atoms with Gasteiger partial charge in [0.25, 0.3) is 0 Å². The van der Waals surface area contributed by atoms with Crippen molar-refractivity contribution in [1.82, 2.24) is 19.5 Å². The van der Waals surface area contributed by atoms with Crippen LogP contribution in [-0.4, -0.2) is 19.5 Å². The lowest BCUT2D eigenvalue weighted by Crippen LogP contribution is -1.99. The summed E-state index contributed by atoms with van der Waals surface area (Å²) >= 11 is 3.71. The Morgan fingerprint density at radius 2 is 0.947 bits per heavy atom. The Morgan fingerprint density at radius 3 is 1.65 bits per heavy atom. The summed E-state index contributed by atoms with van der Waals surface area (Å²) in [5, 5.41) is 7.64. The number of nitrogens with zero attached hydrogens (tertiary/aromatic N) is 4. The molecule has 12 rings (SSSR count). The lowest BCUT2D eigenvalue weighted by Gasteiger charge is -2.09. The fourth-order valence-corrected chi connectivity index (χ4v) is 10.8. The summed E-state index contributed by atoms with van der Waals surface area (Å²) in [5.74, 6) is 1.99. The van der Waals surface area contributed by atoms with Gasteiger partial charge in [0.15, 0.2) is 17.5 Å². The van der Waals surface area contributed by atoms with Gasteiger partial charge in [-0.25, -0.2) is 15.0 Å². The van der Waals surface area contributed by atoms with Crippen LogP contribution in [0.2, 0.25) is 0 Å². The first-order valence-corrected chi connectivity index (χ1v) is 20.7. The fraction of sp³-hybridized carbons (Fsp3) is 0. The molecule has 0 aliphatic heterocycles. The number of thiophene rings is 2. The third-order valence-corrected chi connectivity index (χ3v) is 13.4. The number of aromatic nitrogens is 4. The van der Waals surface area contributed by atoms with E-state index in [0.717, 1.165) is 16.7 Å². The van der Waals surface area contributed by atoms with E-state index in [1.165, 1.54) is 79.0 Å². The molecule has 0 atom stereocenters. The van der Waals surface area contributed by atoms with E-state index in [2.05, 4.69) is 126 Å². The van der Waals surface area contributed by atoms with Crippen LogP contribution in [0.4, 0.5) is 0 Å². The maximum Gasteiger partial charge on any atom is 0.164 e. The highest BCUT2D eigenvalue weighted by Crippen LogP contribution is 2.46. The molecule has 57 heavy (non-hydrogen) atoms. The van der Waals surface area contributed by atoms with E-state index in [1.807, 2.05) is 83.3 Å². The van der Waals surface area contributed by atoms with Gasteiger partial charge < -0.3 is 4.57 Å². The molecular formula is C51H30N4S2. The number of rotatable bonds is 5. The standard InChI is InChI=1S/C51H30N4S2/c1-3-13-31(14-4-1)49-52-50(32-15-5-2-6-16-32)54-51(53-49)33-25-27-40-46(29-33)56-45-24-12-19-37(47(40)45)38-20-11-21-39-41-30-34(26-28-44(41)57-48(38)39)55-42-22-9-7-17-35(42)36-18-8-10-23-43(36)55/h1-30H. The van der Waals surface area contributed by atoms with Crippen molar-refractivity contribution >= 4 is 84.8 Å².